The first-order valence-electron chi connectivity index (χ1n) is 4.33. The van der Waals surface area contributed by atoms with Crippen molar-refractivity contribution in [2.45, 2.75) is 19.9 Å². The second-order valence-electron chi connectivity index (χ2n) is 3.55. The molecule has 92 valence electrons. The molecule has 8 heteroatoms. The maximum Gasteiger partial charge on any atom is 0.228 e. The topological polar surface area (TPSA) is 71.5 Å². The Morgan fingerprint density at radius 2 is 1.67 bits per heavy atom. The number of halogens is 1. The van der Waals surface area contributed by atoms with E-state index < -0.39 is 24.9 Å². The highest BCUT2D eigenvalue weighted by atomic mass is 79.9. The molecule has 0 fully saturated rings. The first-order chi connectivity index (χ1) is 6.60. The summed E-state index contributed by atoms with van der Waals surface area (Å²) in [6.45, 7) is 3.69. The third kappa shape index (κ3) is 5.84. The van der Waals surface area contributed by atoms with Gasteiger partial charge in [0.15, 0.2) is 14.9 Å². The molecule has 15 heavy (non-hydrogen) atoms. The Hall–Kier alpha value is 0.340. The summed E-state index contributed by atoms with van der Waals surface area (Å²) >= 11 is 3.13. The van der Waals surface area contributed by atoms with Crippen molar-refractivity contribution in [1.29, 1.82) is 0 Å². The Morgan fingerprint density at radius 3 is 1.93 bits per heavy atom. The highest BCUT2D eigenvalue weighted by molar-refractivity contribution is 9.09. The molecule has 5 nitrogen and oxygen atoms in total. The van der Waals surface area contributed by atoms with E-state index >= 15 is 0 Å². The highest BCUT2D eigenvalue weighted by Gasteiger charge is 2.27. The van der Waals surface area contributed by atoms with Gasteiger partial charge in [-0.2, -0.15) is 4.31 Å². The van der Waals surface area contributed by atoms with Crippen LogP contribution in [0.25, 0.3) is 0 Å². The third-order valence-corrected chi connectivity index (χ3v) is 6.18. The summed E-state index contributed by atoms with van der Waals surface area (Å²) in [6, 6.07) is -0.241. The SMILES string of the molecule is CC(C)N(CCBr)S(=O)(=O)CS(C)(=O)=O. The van der Waals surface area contributed by atoms with E-state index in [9.17, 15) is 16.8 Å². The van der Waals surface area contributed by atoms with Crippen LogP contribution in [0.2, 0.25) is 0 Å². The fraction of sp³-hybridized carbons (Fsp3) is 1.00. The number of sulfonamides is 1. The van der Waals surface area contributed by atoms with Crippen LogP contribution in [0.15, 0.2) is 0 Å². The number of rotatable bonds is 6. The van der Waals surface area contributed by atoms with E-state index in [2.05, 4.69) is 15.9 Å². The zero-order chi connectivity index (χ0) is 12.3. The van der Waals surface area contributed by atoms with Crippen LogP contribution in [-0.2, 0) is 19.9 Å². The zero-order valence-corrected chi connectivity index (χ0v) is 12.2. The second kappa shape index (κ2) is 5.60. The van der Waals surface area contributed by atoms with Gasteiger partial charge in [-0.1, -0.05) is 15.9 Å². The van der Waals surface area contributed by atoms with Gasteiger partial charge < -0.3 is 0 Å². The van der Waals surface area contributed by atoms with E-state index in [0.717, 1.165) is 6.26 Å². The van der Waals surface area contributed by atoms with E-state index in [1.807, 2.05) is 0 Å². The molecular weight excluding hydrogens is 306 g/mol. The Labute approximate surface area is 99.9 Å². The van der Waals surface area contributed by atoms with Gasteiger partial charge in [0, 0.05) is 24.2 Å². The summed E-state index contributed by atoms with van der Waals surface area (Å²) in [6.07, 6.45) is 0.914. The van der Waals surface area contributed by atoms with Crippen LogP contribution >= 0.6 is 15.9 Å². The molecule has 0 aromatic carbocycles. The van der Waals surface area contributed by atoms with Gasteiger partial charge in [0.05, 0.1) is 0 Å². The van der Waals surface area contributed by atoms with Crippen molar-refractivity contribution in [3.63, 3.8) is 0 Å². The average Bonchev–Trinajstić information content (AvgIpc) is 1.93. The maximum atomic E-state index is 11.7. The van der Waals surface area contributed by atoms with Crippen LogP contribution in [0.1, 0.15) is 13.8 Å². The molecule has 0 N–H and O–H groups in total. The van der Waals surface area contributed by atoms with Crippen LogP contribution in [0, 0.1) is 0 Å². The molecule has 0 aliphatic carbocycles. The Morgan fingerprint density at radius 1 is 1.20 bits per heavy atom. The molecule has 0 heterocycles. The summed E-state index contributed by atoms with van der Waals surface area (Å²) in [5, 5.41) is -0.348. The van der Waals surface area contributed by atoms with Gasteiger partial charge in [-0.15, -0.1) is 0 Å². The van der Waals surface area contributed by atoms with Gasteiger partial charge in [-0.3, -0.25) is 0 Å². The van der Waals surface area contributed by atoms with Gasteiger partial charge >= 0.3 is 0 Å². The molecule has 0 aliphatic rings. The minimum Gasteiger partial charge on any atom is -0.228 e. The lowest BCUT2D eigenvalue weighted by atomic mass is 10.4. The molecule has 0 unspecified atom stereocenters. The largest absolute Gasteiger partial charge is 0.228 e. The van der Waals surface area contributed by atoms with Gasteiger partial charge in [0.2, 0.25) is 10.0 Å². The molecule has 0 spiro atoms. The van der Waals surface area contributed by atoms with E-state index in [0.29, 0.717) is 5.33 Å². The number of sulfone groups is 1. The van der Waals surface area contributed by atoms with Crippen molar-refractivity contribution in [3.8, 4) is 0 Å². The Bertz CT molecular complexity index is 387. The van der Waals surface area contributed by atoms with Gasteiger partial charge in [-0.05, 0) is 13.8 Å². The smallest absolute Gasteiger partial charge is 0.228 e. The van der Waals surface area contributed by atoms with Gasteiger partial charge in [0.25, 0.3) is 0 Å². The normalized spacial score (nSPS) is 13.7. The average molecular weight is 322 g/mol. The molecule has 0 radical (unpaired) electrons. The molecule has 0 bridgehead atoms. The number of nitrogens with zero attached hydrogens (tertiary/aromatic N) is 1. The van der Waals surface area contributed by atoms with Crippen molar-refractivity contribution in [1.82, 2.24) is 4.31 Å². The fourth-order valence-electron chi connectivity index (χ4n) is 1.14. The standard InChI is InChI=1S/C7H16BrNO4S2/c1-7(2)9(5-4-8)15(12,13)6-14(3,10)11/h7H,4-6H2,1-3H3. The van der Waals surface area contributed by atoms with Crippen LogP contribution in [-0.4, -0.2) is 50.4 Å². The minimum atomic E-state index is -3.73. The van der Waals surface area contributed by atoms with Gasteiger partial charge in [-0.25, -0.2) is 16.8 Å². The first-order valence-corrected chi connectivity index (χ1v) is 9.12. The monoisotopic (exact) mass is 321 g/mol. The molecule has 0 amide bonds. The van der Waals surface area contributed by atoms with Gasteiger partial charge in [0.1, 0.15) is 0 Å². The quantitative estimate of drug-likeness (QED) is 0.665. The molecule has 0 saturated carbocycles. The number of hydrogen-bond donors (Lipinski definition) is 0. The van der Waals surface area contributed by atoms with Crippen molar-refractivity contribution in [2.24, 2.45) is 0 Å². The fourth-order valence-corrected chi connectivity index (χ4v) is 5.47. The Kier molecular flexibility index (Phi) is 5.73. The molecule has 0 rings (SSSR count). The van der Waals surface area contributed by atoms with E-state index in [1.54, 1.807) is 13.8 Å². The molecule has 0 aromatic heterocycles. The van der Waals surface area contributed by atoms with Crippen LogP contribution in [0.3, 0.4) is 0 Å². The third-order valence-electron chi connectivity index (χ3n) is 1.60. The molecular formula is C7H16BrNO4S2. The summed E-state index contributed by atoms with van der Waals surface area (Å²) in [4.78, 5) is 0. The Balaban J connectivity index is 4.97. The predicted octanol–water partition coefficient (Wildman–Crippen LogP) is 0.424. The van der Waals surface area contributed by atoms with E-state index in [1.165, 1.54) is 4.31 Å². The summed E-state index contributed by atoms with van der Waals surface area (Å²) in [5.41, 5.74) is 0. The molecule has 0 saturated heterocycles. The van der Waals surface area contributed by atoms with E-state index in [4.69, 9.17) is 0 Å². The molecule has 0 aromatic rings. The second-order valence-corrected chi connectivity index (χ2v) is 8.77. The van der Waals surface area contributed by atoms with Crippen molar-refractivity contribution < 1.29 is 16.8 Å². The molecule has 0 aliphatic heterocycles. The lowest BCUT2D eigenvalue weighted by molar-refractivity contribution is 0.374. The predicted molar refractivity (Wildman–Crippen MR) is 64.3 cm³/mol. The van der Waals surface area contributed by atoms with Crippen LogP contribution in [0.5, 0.6) is 0 Å². The summed E-state index contributed by atoms with van der Waals surface area (Å²) in [5.74, 6) is 0. The van der Waals surface area contributed by atoms with Crippen molar-refractivity contribution in [2.75, 3.05) is 23.2 Å². The lowest BCUT2D eigenvalue weighted by Gasteiger charge is -2.24. The van der Waals surface area contributed by atoms with Crippen molar-refractivity contribution >= 4 is 35.8 Å². The molecule has 0 atom stereocenters. The summed E-state index contributed by atoms with van der Waals surface area (Å²) in [7, 11) is -7.25. The first kappa shape index (κ1) is 15.3. The van der Waals surface area contributed by atoms with Crippen LogP contribution in [0.4, 0.5) is 0 Å². The van der Waals surface area contributed by atoms with E-state index in [-0.39, 0.29) is 12.6 Å². The number of hydrogen-bond acceptors (Lipinski definition) is 4. The van der Waals surface area contributed by atoms with Crippen LogP contribution < -0.4 is 0 Å². The lowest BCUT2D eigenvalue weighted by Crippen LogP contribution is -2.41. The van der Waals surface area contributed by atoms with Crippen molar-refractivity contribution in [3.05, 3.63) is 0 Å². The zero-order valence-electron chi connectivity index (χ0n) is 8.97. The maximum absolute atomic E-state index is 11.7. The highest BCUT2D eigenvalue weighted by Crippen LogP contribution is 2.10. The summed E-state index contributed by atoms with van der Waals surface area (Å²) < 4.78 is 46.5. The number of alkyl halides is 1. The minimum absolute atomic E-state index is 0.241.